The first kappa shape index (κ1) is 22.1. The number of aryl methyl sites for hydroxylation is 1. The van der Waals surface area contributed by atoms with Crippen LogP contribution in [0.1, 0.15) is 22.3 Å². The van der Waals surface area contributed by atoms with E-state index in [1.165, 1.54) is 5.01 Å². The van der Waals surface area contributed by atoms with Gasteiger partial charge in [-0.25, -0.2) is 9.98 Å². The van der Waals surface area contributed by atoms with Crippen LogP contribution in [0.3, 0.4) is 0 Å². The second kappa shape index (κ2) is 9.25. The predicted molar refractivity (Wildman–Crippen MR) is 141 cm³/mol. The number of carbonyl (C=O) groups excluding carboxylic acids is 1. The number of fused-ring (bicyclic) bond motifs is 1. The summed E-state index contributed by atoms with van der Waals surface area (Å²) in [6.07, 6.45) is 3.26. The summed E-state index contributed by atoms with van der Waals surface area (Å²) in [5.41, 5.74) is 4.37. The van der Waals surface area contributed by atoms with Crippen molar-refractivity contribution in [2.75, 3.05) is 0 Å². The van der Waals surface area contributed by atoms with E-state index in [0.717, 1.165) is 32.5 Å². The highest BCUT2D eigenvalue weighted by Crippen LogP contribution is 2.25. The smallest absolute Gasteiger partial charge is 0.265 e. The van der Waals surface area contributed by atoms with E-state index < -0.39 is 0 Å². The lowest BCUT2D eigenvalue weighted by Gasteiger charge is -2.12. The Morgan fingerprint density at radius 1 is 0.971 bits per heavy atom. The van der Waals surface area contributed by atoms with E-state index in [4.69, 9.17) is 11.6 Å². The van der Waals surface area contributed by atoms with Crippen LogP contribution < -0.4 is 0 Å². The molecule has 5 nitrogen and oxygen atoms in total. The second-order valence-electron chi connectivity index (χ2n) is 7.82. The first-order chi connectivity index (χ1) is 16.5. The molecule has 1 aliphatic rings. The normalized spacial score (nSPS) is 15.0. The molecule has 2 heterocycles. The number of aromatic nitrogens is 1. The number of thiol groups is 1. The zero-order valence-corrected chi connectivity index (χ0v) is 19.8. The van der Waals surface area contributed by atoms with Crippen LogP contribution in [0.2, 0.25) is 5.15 Å². The SMILES string of the molecule is Cc1ccc2nc(Cl)c(/C=N/N3C(=O)/C(=C/c4ccccc4S)N=C3c3ccccc3)cc2c1. The number of amidine groups is 1. The fourth-order valence-electron chi connectivity index (χ4n) is 3.65. The molecule has 5 rings (SSSR count). The Bertz CT molecular complexity index is 1510. The largest absolute Gasteiger partial charge is 0.298 e. The summed E-state index contributed by atoms with van der Waals surface area (Å²) in [4.78, 5) is 23.1. The molecule has 0 N–H and O–H groups in total. The van der Waals surface area contributed by atoms with Crippen LogP contribution in [0.15, 0.2) is 99.5 Å². The third-order valence-corrected chi connectivity index (χ3v) is 6.07. The highest BCUT2D eigenvalue weighted by molar-refractivity contribution is 7.80. The van der Waals surface area contributed by atoms with E-state index in [1.807, 2.05) is 85.8 Å². The Morgan fingerprint density at radius 3 is 2.53 bits per heavy atom. The predicted octanol–water partition coefficient (Wildman–Crippen LogP) is 6.15. The molecule has 1 aliphatic heterocycles. The summed E-state index contributed by atoms with van der Waals surface area (Å²) in [5.74, 6) is 0.0952. The molecular formula is C27H19ClN4OS. The standard InChI is InChI=1S/C27H19ClN4OS/c1-17-11-12-22-20(13-17)14-21(25(28)30-22)16-29-32-26(18-7-3-2-4-8-18)31-23(27(32)33)15-19-9-5-6-10-24(19)34/h2-16,34H,1H3/b23-15-,29-16+. The minimum Gasteiger partial charge on any atom is -0.265 e. The fourth-order valence-corrected chi connectivity index (χ4v) is 4.06. The van der Waals surface area contributed by atoms with Gasteiger partial charge in [-0.05, 0) is 42.8 Å². The van der Waals surface area contributed by atoms with E-state index in [1.54, 1.807) is 12.3 Å². The summed E-state index contributed by atoms with van der Waals surface area (Å²) in [5, 5.41) is 7.03. The lowest BCUT2D eigenvalue weighted by atomic mass is 10.1. The molecule has 0 radical (unpaired) electrons. The maximum absolute atomic E-state index is 13.3. The number of halogens is 1. The zero-order chi connectivity index (χ0) is 23.7. The summed E-state index contributed by atoms with van der Waals surface area (Å²) < 4.78 is 0. The molecule has 3 aromatic carbocycles. The van der Waals surface area contributed by atoms with E-state index >= 15 is 0 Å². The number of rotatable bonds is 4. The lowest BCUT2D eigenvalue weighted by Crippen LogP contribution is -2.27. The van der Waals surface area contributed by atoms with Gasteiger partial charge < -0.3 is 0 Å². The van der Waals surface area contributed by atoms with Crippen molar-refractivity contribution in [2.24, 2.45) is 10.1 Å². The molecule has 0 unspecified atom stereocenters. The van der Waals surface area contributed by atoms with Gasteiger partial charge in [0.1, 0.15) is 10.9 Å². The van der Waals surface area contributed by atoms with E-state index in [9.17, 15) is 4.79 Å². The van der Waals surface area contributed by atoms with Crippen LogP contribution in [0.4, 0.5) is 0 Å². The van der Waals surface area contributed by atoms with Crippen LogP contribution in [-0.4, -0.2) is 28.0 Å². The molecule has 0 spiro atoms. The summed E-state index contributed by atoms with van der Waals surface area (Å²) in [6.45, 7) is 2.02. The van der Waals surface area contributed by atoms with Crippen LogP contribution >= 0.6 is 24.2 Å². The molecule has 7 heteroatoms. The van der Waals surface area contributed by atoms with Crippen LogP contribution in [0.5, 0.6) is 0 Å². The molecule has 0 atom stereocenters. The quantitative estimate of drug-likeness (QED) is 0.164. The number of hydrazone groups is 1. The minimum absolute atomic E-state index is 0.274. The first-order valence-electron chi connectivity index (χ1n) is 10.6. The summed E-state index contributed by atoms with van der Waals surface area (Å²) in [6, 6.07) is 24.8. The van der Waals surface area contributed by atoms with Crippen LogP contribution in [0, 0.1) is 6.92 Å². The third kappa shape index (κ3) is 4.38. The Labute approximate surface area is 207 Å². The van der Waals surface area contributed by atoms with Crippen molar-refractivity contribution in [2.45, 2.75) is 11.8 Å². The van der Waals surface area contributed by atoms with Gasteiger partial charge in [0.05, 0.1) is 11.7 Å². The van der Waals surface area contributed by atoms with Gasteiger partial charge in [-0.2, -0.15) is 10.1 Å². The van der Waals surface area contributed by atoms with Gasteiger partial charge in [0.15, 0.2) is 5.84 Å². The number of nitrogens with zero attached hydrogens (tertiary/aromatic N) is 4. The van der Waals surface area contributed by atoms with Gasteiger partial charge in [0, 0.05) is 21.4 Å². The second-order valence-corrected chi connectivity index (χ2v) is 8.66. The topological polar surface area (TPSA) is 57.9 Å². The molecule has 1 amide bonds. The Morgan fingerprint density at radius 2 is 1.74 bits per heavy atom. The number of benzene rings is 3. The maximum Gasteiger partial charge on any atom is 0.298 e. The van der Waals surface area contributed by atoms with Crippen molar-refractivity contribution in [1.29, 1.82) is 0 Å². The Balaban J connectivity index is 1.56. The van der Waals surface area contributed by atoms with E-state index in [-0.39, 0.29) is 11.6 Å². The van der Waals surface area contributed by atoms with Gasteiger partial charge in [-0.15, -0.1) is 12.6 Å². The van der Waals surface area contributed by atoms with Crippen molar-refractivity contribution in [3.05, 3.63) is 112 Å². The van der Waals surface area contributed by atoms with Crippen molar-refractivity contribution in [3.8, 4) is 0 Å². The maximum atomic E-state index is 13.3. The highest BCUT2D eigenvalue weighted by atomic mass is 35.5. The van der Waals surface area contributed by atoms with Gasteiger partial charge in [-0.3, -0.25) is 4.79 Å². The Hall–Kier alpha value is -3.74. The van der Waals surface area contributed by atoms with Gasteiger partial charge in [0.25, 0.3) is 5.91 Å². The van der Waals surface area contributed by atoms with Crippen molar-refractivity contribution < 1.29 is 4.79 Å². The molecule has 4 aromatic rings. The van der Waals surface area contributed by atoms with E-state index in [2.05, 4.69) is 27.7 Å². The summed E-state index contributed by atoms with van der Waals surface area (Å²) in [7, 11) is 0. The van der Waals surface area contributed by atoms with Crippen molar-refractivity contribution in [1.82, 2.24) is 9.99 Å². The zero-order valence-electron chi connectivity index (χ0n) is 18.2. The molecular weight excluding hydrogens is 464 g/mol. The molecule has 0 aliphatic carbocycles. The molecule has 0 saturated carbocycles. The van der Waals surface area contributed by atoms with Crippen LogP contribution in [-0.2, 0) is 4.79 Å². The van der Waals surface area contributed by atoms with Gasteiger partial charge in [0.2, 0.25) is 0 Å². The van der Waals surface area contributed by atoms with Crippen molar-refractivity contribution >= 4 is 59.2 Å². The number of hydrogen-bond acceptors (Lipinski definition) is 5. The minimum atomic E-state index is -0.340. The van der Waals surface area contributed by atoms with Crippen LogP contribution in [0.25, 0.3) is 17.0 Å². The number of amides is 1. The number of aliphatic imine (C=N–C) groups is 1. The molecule has 34 heavy (non-hydrogen) atoms. The summed E-state index contributed by atoms with van der Waals surface area (Å²) >= 11 is 10.9. The molecule has 1 aromatic heterocycles. The Kier molecular flexibility index (Phi) is 6.01. The first-order valence-corrected chi connectivity index (χ1v) is 11.4. The number of pyridine rings is 1. The van der Waals surface area contributed by atoms with Crippen molar-refractivity contribution in [3.63, 3.8) is 0 Å². The lowest BCUT2D eigenvalue weighted by molar-refractivity contribution is -0.122. The molecule has 0 bridgehead atoms. The highest BCUT2D eigenvalue weighted by Gasteiger charge is 2.31. The van der Waals surface area contributed by atoms with E-state index in [0.29, 0.717) is 16.6 Å². The van der Waals surface area contributed by atoms with Gasteiger partial charge >= 0.3 is 0 Å². The average molecular weight is 483 g/mol. The van der Waals surface area contributed by atoms with Gasteiger partial charge in [-0.1, -0.05) is 71.8 Å². The molecule has 166 valence electrons. The molecule has 0 fully saturated rings. The monoisotopic (exact) mass is 482 g/mol. The average Bonchev–Trinajstić information content (AvgIpc) is 3.15. The molecule has 0 saturated heterocycles. The number of hydrogen-bond donors (Lipinski definition) is 1. The third-order valence-electron chi connectivity index (χ3n) is 5.36. The fraction of sp³-hybridized carbons (Fsp3) is 0.0370. The number of carbonyl (C=O) groups is 1.